The molecule has 1 N–H and O–H groups in total. The maximum absolute atomic E-state index is 5.36. The number of aliphatic imine (C=N–C) groups is 2. The fourth-order valence-electron chi connectivity index (χ4n) is 9.92. The molecule has 4 heterocycles. The van der Waals surface area contributed by atoms with Crippen molar-refractivity contribution in [3.63, 3.8) is 0 Å². The van der Waals surface area contributed by atoms with Crippen LogP contribution in [0.4, 0.5) is 0 Å². The van der Waals surface area contributed by atoms with Crippen molar-refractivity contribution in [3.8, 4) is 17.1 Å². The number of rotatable bonds is 6. The van der Waals surface area contributed by atoms with Gasteiger partial charge in [-0.05, 0) is 60.2 Å². The number of hydrogen-bond donors (Lipinski definition) is 1. The quantitative estimate of drug-likeness (QED) is 0.179. The smallest absolute Gasteiger partial charge is 0.159 e. The zero-order valence-electron chi connectivity index (χ0n) is 34.1. The number of aromatic nitrogens is 3. The summed E-state index contributed by atoms with van der Waals surface area (Å²) < 4.78 is 7.34. The minimum atomic E-state index is -0.344. The molecule has 1 aliphatic heterocycles. The van der Waals surface area contributed by atoms with Crippen molar-refractivity contribution < 1.29 is 0 Å². The van der Waals surface area contributed by atoms with Crippen LogP contribution in [0, 0.1) is 0 Å². The third kappa shape index (κ3) is 5.51. The molecule has 0 aliphatic carbocycles. The number of benzene rings is 9. The molecule has 0 bridgehead atoms. The van der Waals surface area contributed by atoms with E-state index in [1.54, 1.807) is 0 Å². The highest BCUT2D eigenvalue weighted by Gasteiger charge is 2.25. The second-order valence-corrected chi connectivity index (χ2v) is 16.2. The van der Waals surface area contributed by atoms with E-state index in [2.05, 4.69) is 213 Å². The molecule has 9 aromatic carbocycles. The van der Waals surface area contributed by atoms with Gasteiger partial charge in [0.2, 0.25) is 0 Å². The second kappa shape index (κ2) is 14.0. The summed E-state index contributed by atoms with van der Waals surface area (Å²) in [5, 5.41) is 11.0. The number of fused-ring (bicyclic) bond motifs is 10. The van der Waals surface area contributed by atoms with Crippen LogP contribution in [0.2, 0.25) is 0 Å². The Kier molecular flexibility index (Phi) is 7.87. The van der Waals surface area contributed by atoms with E-state index in [0.29, 0.717) is 5.84 Å². The van der Waals surface area contributed by atoms with E-state index in [4.69, 9.17) is 9.98 Å². The summed E-state index contributed by atoms with van der Waals surface area (Å²) in [6, 6.07) is 78.1. The fourth-order valence-corrected chi connectivity index (χ4v) is 9.92. The third-order valence-corrected chi connectivity index (χ3v) is 12.6. The van der Waals surface area contributed by atoms with Crippen LogP contribution >= 0.6 is 0 Å². The van der Waals surface area contributed by atoms with Crippen molar-refractivity contribution in [2.45, 2.75) is 6.17 Å². The van der Waals surface area contributed by atoms with Crippen LogP contribution in [0.3, 0.4) is 0 Å². The van der Waals surface area contributed by atoms with Crippen molar-refractivity contribution in [2.75, 3.05) is 0 Å². The first-order valence-electron chi connectivity index (χ1n) is 21.5. The van der Waals surface area contributed by atoms with Crippen LogP contribution in [-0.2, 0) is 0 Å². The molecular formula is C57H38N6. The average molecular weight is 807 g/mol. The summed E-state index contributed by atoms with van der Waals surface area (Å²) in [5.74, 6) is 1.44. The van der Waals surface area contributed by atoms with E-state index >= 15 is 0 Å². The number of nitrogens with zero attached hydrogens (tertiary/aromatic N) is 5. The predicted octanol–water partition coefficient (Wildman–Crippen LogP) is 13.5. The van der Waals surface area contributed by atoms with Crippen molar-refractivity contribution in [1.82, 2.24) is 19.0 Å². The van der Waals surface area contributed by atoms with E-state index < -0.39 is 0 Å². The molecule has 296 valence electrons. The highest BCUT2D eigenvalue weighted by molar-refractivity contribution is 6.24. The Morgan fingerprint density at radius 1 is 0.349 bits per heavy atom. The first-order valence-corrected chi connectivity index (χ1v) is 21.5. The maximum Gasteiger partial charge on any atom is 0.159 e. The lowest BCUT2D eigenvalue weighted by atomic mass is 10.1. The van der Waals surface area contributed by atoms with Gasteiger partial charge in [-0.15, -0.1) is 0 Å². The van der Waals surface area contributed by atoms with Gasteiger partial charge in [0.1, 0.15) is 12.0 Å². The minimum Gasteiger partial charge on any atom is -0.344 e. The molecule has 63 heavy (non-hydrogen) atoms. The average Bonchev–Trinajstić information content (AvgIpc) is 4.01. The van der Waals surface area contributed by atoms with Gasteiger partial charge >= 0.3 is 0 Å². The molecule has 12 aromatic rings. The van der Waals surface area contributed by atoms with E-state index in [1.807, 2.05) is 24.3 Å². The monoisotopic (exact) mass is 806 g/mol. The number of hydrogen-bond acceptors (Lipinski definition) is 3. The standard InChI is InChI=1S/C57H38N6/c1-4-18-37(19-5-1)55-58-56(38-20-6-2-7-21-38)60-57(59-55)39-34-41(61-49-28-14-10-24-43(49)44-25-11-15-29-50(44)61)36-42(35-39)63-52-31-17-13-27-46(52)48-33-32-47-45-26-12-16-30-51(45)62(53(47)54(48)63)40-22-8-3-9-23-40/h1-36,55H,(H,58,59,60). The van der Waals surface area contributed by atoms with Gasteiger partial charge in [0.25, 0.3) is 0 Å². The first kappa shape index (κ1) is 35.3. The van der Waals surface area contributed by atoms with Gasteiger partial charge in [-0.2, -0.15) is 0 Å². The molecule has 3 aromatic heterocycles. The molecular weight excluding hydrogens is 769 g/mol. The lowest BCUT2D eigenvalue weighted by Crippen LogP contribution is -2.33. The van der Waals surface area contributed by atoms with Crippen LogP contribution in [-0.4, -0.2) is 25.4 Å². The minimum absolute atomic E-state index is 0.344. The van der Waals surface area contributed by atoms with Gasteiger partial charge in [-0.25, -0.2) is 9.98 Å². The maximum atomic E-state index is 5.36. The Labute approximate surface area is 362 Å². The highest BCUT2D eigenvalue weighted by Crippen LogP contribution is 2.42. The van der Waals surface area contributed by atoms with Crippen molar-refractivity contribution >= 4 is 77.1 Å². The van der Waals surface area contributed by atoms with E-state index in [-0.39, 0.29) is 6.17 Å². The number of para-hydroxylation sites is 5. The summed E-state index contributed by atoms with van der Waals surface area (Å²) in [7, 11) is 0. The molecule has 1 atom stereocenters. The molecule has 0 saturated carbocycles. The lowest BCUT2D eigenvalue weighted by Gasteiger charge is -2.24. The highest BCUT2D eigenvalue weighted by atomic mass is 15.2. The second-order valence-electron chi connectivity index (χ2n) is 16.2. The Morgan fingerprint density at radius 2 is 0.778 bits per heavy atom. The number of nitrogens with one attached hydrogen (secondary N) is 1. The van der Waals surface area contributed by atoms with Crippen molar-refractivity contribution in [2.24, 2.45) is 9.98 Å². The summed E-state index contributed by atoms with van der Waals surface area (Å²) in [4.78, 5) is 10.6. The van der Waals surface area contributed by atoms with Gasteiger partial charge in [-0.3, -0.25) is 0 Å². The van der Waals surface area contributed by atoms with E-state index in [0.717, 1.165) is 67.2 Å². The summed E-state index contributed by atoms with van der Waals surface area (Å²) >= 11 is 0. The van der Waals surface area contributed by atoms with Gasteiger partial charge < -0.3 is 19.0 Å². The summed E-state index contributed by atoms with van der Waals surface area (Å²) in [6.45, 7) is 0. The predicted molar refractivity (Wildman–Crippen MR) is 261 cm³/mol. The molecule has 0 amide bonds. The van der Waals surface area contributed by atoms with Gasteiger partial charge in [0.05, 0.1) is 33.1 Å². The van der Waals surface area contributed by atoms with Crippen LogP contribution in [0.25, 0.3) is 82.5 Å². The lowest BCUT2D eigenvalue weighted by molar-refractivity contribution is 0.674. The molecule has 0 radical (unpaired) electrons. The molecule has 0 saturated heterocycles. The van der Waals surface area contributed by atoms with Crippen LogP contribution in [0.1, 0.15) is 22.9 Å². The van der Waals surface area contributed by atoms with Gasteiger partial charge in [-0.1, -0.05) is 164 Å². The van der Waals surface area contributed by atoms with E-state index in [9.17, 15) is 0 Å². The summed E-state index contributed by atoms with van der Waals surface area (Å²) in [5.41, 5.74) is 13.1. The van der Waals surface area contributed by atoms with Crippen molar-refractivity contribution in [3.05, 3.63) is 235 Å². The molecule has 1 aliphatic rings. The zero-order valence-corrected chi connectivity index (χ0v) is 34.1. The Hall–Kier alpha value is -8.48. The SMILES string of the molecule is c1ccc(C2=NC(c3ccccc3)NC(c3cc(-n4c5ccccc5c5ccccc54)cc(-n4c5ccccc5c5ccc6c7ccccc7n(-c7ccccc7)c6c54)c3)=N2)cc1. The molecule has 0 fully saturated rings. The Morgan fingerprint density at radius 3 is 1.33 bits per heavy atom. The van der Waals surface area contributed by atoms with Crippen LogP contribution in [0.15, 0.2) is 228 Å². The fraction of sp³-hybridized carbons (Fsp3) is 0.0175. The molecule has 6 heteroatoms. The summed E-state index contributed by atoms with van der Waals surface area (Å²) in [6.07, 6.45) is -0.344. The molecule has 1 unspecified atom stereocenters. The van der Waals surface area contributed by atoms with Crippen LogP contribution < -0.4 is 5.32 Å². The van der Waals surface area contributed by atoms with Gasteiger partial charge in [0, 0.05) is 60.5 Å². The molecule has 0 spiro atoms. The Balaban J connectivity index is 1.16. The normalized spacial score (nSPS) is 14.2. The largest absolute Gasteiger partial charge is 0.344 e. The first-order chi connectivity index (χ1) is 31.3. The topological polar surface area (TPSA) is 51.5 Å². The third-order valence-electron chi connectivity index (χ3n) is 12.6. The molecule has 6 nitrogen and oxygen atoms in total. The number of amidine groups is 2. The Bertz CT molecular complexity index is 3760. The molecule has 13 rings (SSSR count). The van der Waals surface area contributed by atoms with Crippen LogP contribution in [0.5, 0.6) is 0 Å². The zero-order chi connectivity index (χ0) is 41.4. The van der Waals surface area contributed by atoms with Gasteiger partial charge in [0.15, 0.2) is 5.84 Å². The van der Waals surface area contributed by atoms with E-state index in [1.165, 1.54) is 37.8 Å². The van der Waals surface area contributed by atoms with Crippen molar-refractivity contribution in [1.29, 1.82) is 0 Å².